The Hall–Kier alpha value is -3.00. The molecule has 28 heavy (non-hydrogen) atoms. The van der Waals surface area contributed by atoms with Crippen molar-refractivity contribution in [3.05, 3.63) is 61.5 Å². The van der Waals surface area contributed by atoms with Crippen molar-refractivity contribution in [1.82, 2.24) is 19.7 Å². The quantitative estimate of drug-likeness (QED) is 0.714. The van der Waals surface area contributed by atoms with Gasteiger partial charge in [-0.2, -0.15) is 5.10 Å². The lowest BCUT2D eigenvalue weighted by atomic mass is 10.00. The smallest absolute Gasteiger partial charge is 0.266 e. The second-order valence-electron chi connectivity index (χ2n) is 7.35. The van der Waals surface area contributed by atoms with Crippen molar-refractivity contribution in [2.24, 2.45) is 0 Å². The third-order valence-electron chi connectivity index (χ3n) is 4.89. The average Bonchev–Trinajstić information content (AvgIpc) is 3.38. The molecular weight excluding hydrogens is 376 g/mol. The Morgan fingerprint density at radius 1 is 1.43 bits per heavy atom. The van der Waals surface area contributed by atoms with Gasteiger partial charge in [0.1, 0.15) is 23.9 Å². The van der Waals surface area contributed by atoms with Crippen LogP contribution in [0.5, 0.6) is 5.75 Å². The third-order valence-corrected chi connectivity index (χ3v) is 5.85. The summed E-state index contributed by atoms with van der Waals surface area (Å²) >= 11 is 1.25. The minimum absolute atomic E-state index is 0.175. The van der Waals surface area contributed by atoms with E-state index in [1.54, 1.807) is 13.8 Å². The molecule has 1 aromatic carbocycles. The fraction of sp³-hybridized carbons (Fsp3) is 0.300. The number of hydrogen-bond donors (Lipinski definition) is 1. The number of hydrogen-bond acceptors (Lipinski definition) is 6. The lowest BCUT2D eigenvalue weighted by Crippen LogP contribution is -2.36. The van der Waals surface area contributed by atoms with Crippen LogP contribution in [0.3, 0.4) is 0 Å². The zero-order chi connectivity index (χ0) is 19.9. The number of Topliss-reactive ketones (excluding diaryl/α,β-unsaturated/α-hetero) is 1. The zero-order valence-electron chi connectivity index (χ0n) is 15.8. The topological polar surface area (TPSA) is 89.9 Å². The van der Waals surface area contributed by atoms with Crippen LogP contribution in [0.25, 0.3) is 12.2 Å². The van der Waals surface area contributed by atoms with E-state index in [1.807, 2.05) is 18.2 Å². The molecule has 3 aromatic rings. The first-order valence-electron chi connectivity index (χ1n) is 8.93. The number of benzene rings is 1. The zero-order valence-corrected chi connectivity index (χ0v) is 16.6. The van der Waals surface area contributed by atoms with Crippen molar-refractivity contribution in [2.75, 3.05) is 6.61 Å². The van der Waals surface area contributed by atoms with E-state index in [9.17, 15) is 9.59 Å². The van der Waals surface area contributed by atoms with E-state index < -0.39 is 5.54 Å². The number of aromatic nitrogens is 4. The Bertz CT molecular complexity index is 1210. The van der Waals surface area contributed by atoms with Crippen LogP contribution < -0.4 is 19.5 Å². The second kappa shape index (κ2) is 6.87. The number of ether oxygens (including phenoxy) is 1. The van der Waals surface area contributed by atoms with Crippen LogP contribution in [0.4, 0.5) is 0 Å². The molecular formula is C20H20N4O3S. The van der Waals surface area contributed by atoms with Crippen LogP contribution in [-0.2, 0) is 10.3 Å². The van der Waals surface area contributed by atoms with Crippen molar-refractivity contribution in [2.45, 2.75) is 32.2 Å². The summed E-state index contributed by atoms with van der Waals surface area (Å²) in [5, 5.41) is 4.04. The SMILES string of the molecule is CC1COc2ccc(/C=c3\s/c(=C/C(=O)C(C)(C)n4cncn4)[nH]c3=O)cc21. The van der Waals surface area contributed by atoms with Crippen molar-refractivity contribution < 1.29 is 9.53 Å². The molecule has 7 nitrogen and oxygen atoms in total. The van der Waals surface area contributed by atoms with Gasteiger partial charge in [0, 0.05) is 17.6 Å². The van der Waals surface area contributed by atoms with E-state index >= 15 is 0 Å². The van der Waals surface area contributed by atoms with Gasteiger partial charge >= 0.3 is 0 Å². The molecule has 1 atom stereocenters. The number of aromatic amines is 1. The molecule has 3 heterocycles. The summed E-state index contributed by atoms with van der Waals surface area (Å²) in [6, 6.07) is 5.91. The predicted octanol–water partition coefficient (Wildman–Crippen LogP) is 1.14. The van der Waals surface area contributed by atoms with E-state index in [1.165, 1.54) is 34.7 Å². The van der Waals surface area contributed by atoms with Gasteiger partial charge in [-0.15, -0.1) is 11.3 Å². The molecule has 1 N–H and O–H groups in total. The van der Waals surface area contributed by atoms with E-state index in [0.29, 0.717) is 21.7 Å². The number of rotatable bonds is 4. The summed E-state index contributed by atoms with van der Waals surface area (Å²) in [5.74, 6) is 1.07. The molecule has 0 saturated carbocycles. The summed E-state index contributed by atoms with van der Waals surface area (Å²) in [7, 11) is 0. The highest BCUT2D eigenvalue weighted by Gasteiger charge is 2.28. The molecule has 4 rings (SSSR count). The fourth-order valence-corrected chi connectivity index (χ4v) is 3.94. The maximum absolute atomic E-state index is 12.7. The van der Waals surface area contributed by atoms with Crippen LogP contribution >= 0.6 is 11.3 Å². The van der Waals surface area contributed by atoms with Crippen LogP contribution in [0, 0.1) is 0 Å². The van der Waals surface area contributed by atoms with E-state index in [4.69, 9.17) is 4.74 Å². The number of nitrogens with one attached hydrogen (secondary N) is 1. The van der Waals surface area contributed by atoms with E-state index in [0.717, 1.165) is 16.9 Å². The van der Waals surface area contributed by atoms with Crippen LogP contribution in [0.2, 0.25) is 0 Å². The molecule has 0 radical (unpaired) electrons. The number of carbonyl (C=O) groups is 1. The lowest BCUT2D eigenvalue weighted by molar-refractivity contribution is -0.120. The van der Waals surface area contributed by atoms with Crippen LogP contribution in [0.1, 0.15) is 37.8 Å². The first-order chi connectivity index (χ1) is 13.3. The molecule has 8 heteroatoms. The highest BCUT2D eigenvalue weighted by Crippen LogP contribution is 2.34. The molecule has 0 spiro atoms. The van der Waals surface area contributed by atoms with Gasteiger partial charge in [-0.1, -0.05) is 13.0 Å². The normalized spacial score (nSPS) is 17.6. The Morgan fingerprint density at radius 3 is 3.00 bits per heavy atom. The maximum atomic E-state index is 12.7. The number of nitrogens with zero attached hydrogens (tertiary/aromatic N) is 3. The highest BCUT2D eigenvalue weighted by atomic mass is 32.1. The summed E-state index contributed by atoms with van der Waals surface area (Å²) < 4.78 is 8.17. The number of ketones is 1. The Balaban J connectivity index is 1.69. The van der Waals surface area contributed by atoms with Gasteiger partial charge in [0.2, 0.25) is 0 Å². The van der Waals surface area contributed by atoms with Crippen LogP contribution in [-0.4, -0.2) is 32.1 Å². The number of fused-ring (bicyclic) bond motifs is 1. The Kier molecular flexibility index (Phi) is 4.50. The average molecular weight is 396 g/mol. The Morgan fingerprint density at radius 2 is 2.25 bits per heavy atom. The van der Waals surface area contributed by atoms with Gasteiger partial charge in [0.25, 0.3) is 5.56 Å². The van der Waals surface area contributed by atoms with Crippen molar-refractivity contribution in [1.29, 1.82) is 0 Å². The Labute approximate surface area is 165 Å². The molecule has 0 bridgehead atoms. The molecule has 1 unspecified atom stereocenters. The number of H-pyrrole nitrogens is 1. The van der Waals surface area contributed by atoms with Gasteiger partial charge in [0.05, 0.1) is 15.8 Å². The standard InChI is InChI=1S/C20H20N4O3S/c1-12-9-27-15-5-4-13(6-14(12)15)7-16-19(26)23-18(28-16)8-17(25)20(2,3)24-11-21-10-22-24/h4-8,10-12H,9H2,1-3H3,(H,23,26)/b16-7-,18-8+. The molecule has 1 aliphatic rings. The van der Waals surface area contributed by atoms with Crippen LogP contribution in [0.15, 0.2) is 35.6 Å². The van der Waals surface area contributed by atoms with E-state index in [-0.39, 0.29) is 11.3 Å². The number of carbonyl (C=O) groups excluding carboxylic acids is 1. The minimum Gasteiger partial charge on any atom is -0.493 e. The van der Waals surface area contributed by atoms with Gasteiger partial charge in [-0.05, 0) is 37.6 Å². The molecule has 144 valence electrons. The monoisotopic (exact) mass is 396 g/mol. The van der Waals surface area contributed by atoms with Gasteiger partial charge in [-0.3, -0.25) is 9.59 Å². The van der Waals surface area contributed by atoms with Crippen molar-refractivity contribution in [3.63, 3.8) is 0 Å². The molecule has 0 amide bonds. The van der Waals surface area contributed by atoms with Crippen molar-refractivity contribution in [3.8, 4) is 5.75 Å². The van der Waals surface area contributed by atoms with Gasteiger partial charge in [-0.25, -0.2) is 9.67 Å². The molecule has 2 aromatic heterocycles. The molecule has 0 aliphatic carbocycles. The first-order valence-corrected chi connectivity index (χ1v) is 9.75. The first kappa shape index (κ1) is 18.4. The predicted molar refractivity (Wildman–Crippen MR) is 107 cm³/mol. The highest BCUT2D eigenvalue weighted by molar-refractivity contribution is 7.07. The van der Waals surface area contributed by atoms with Gasteiger partial charge in [0.15, 0.2) is 5.78 Å². The third kappa shape index (κ3) is 3.31. The number of thiazole rings is 1. The summed E-state index contributed by atoms with van der Waals surface area (Å²) in [4.78, 5) is 31.7. The maximum Gasteiger partial charge on any atom is 0.266 e. The van der Waals surface area contributed by atoms with Crippen molar-refractivity contribution >= 4 is 29.3 Å². The largest absolute Gasteiger partial charge is 0.493 e. The molecule has 1 aliphatic heterocycles. The summed E-state index contributed by atoms with van der Waals surface area (Å²) in [5.41, 5.74) is 0.979. The summed E-state index contributed by atoms with van der Waals surface area (Å²) in [6.45, 7) is 6.31. The fourth-order valence-electron chi connectivity index (χ4n) is 3.06. The van der Waals surface area contributed by atoms with Gasteiger partial charge < -0.3 is 9.72 Å². The van der Waals surface area contributed by atoms with E-state index in [2.05, 4.69) is 28.1 Å². The minimum atomic E-state index is -0.891. The lowest BCUT2D eigenvalue weighted by Gasteiger charge is -2.20. The molecule has 0 fully saturated rings. The second-order valence-corrected chi connectivity index (χ2v) is 8.43. The molecule has 0 saturated heterocycles. The summed E-state index contributed by atoms with van der Waals surface area (Å²) in [6.07, 6.45) is 6.17.